The van der Waals surface area contributed by atoms with Gasteiger partial charge in [-0.1, -0.05) is 6.92 Å². The third kappa shape index (κ3) is 2.61. The van der Waals surface area contributed by atoms with Gasteiger partial charge in [0.1, 0.15) is 5.76 Å². The van der Waals surface area contributed by atoms with E-state index in [1.165, 1.54) is 5.56 Å². The lowest BCUT2D eigenvalue weighted by molar-refractivity contribution is 0.518. The summed E-state index contributed by atoms with van der Waals surface area (Å²) in [7, 11) is 0. The monoisotopic (exact) mass is 230 g/mol. The highest BCUT2D eigenvalue weighted by molar-refractivity contribution is 5.62. The number of hydrogen-bond acceptors (Lipinski definition) is 3. The molecule has 0 atom stereocenters. The van der Waals surface area contributed by atoms with Crippen molar-refractivity contribution < 1.29 is 4.42 Å². The van der Waals surface area contributed by atoms with Gasteiger partial charge in [-0.25, -0.2) is 0 Å². The minimum absolute atomic E-state index is 0.694. The fourth-order valence-corrected chi connectivity index (χ4v) is 1.87. The van der Waals surface area contributed by atoms with E-state index in [9.17, 15) is 0 Å². The number of benzene rings is 1. The van der Waals surface area contributed by atoms with Gasteiger partial charge >= 0.3 is 0 Å². The highest BCUT2D eigenvalue weighted by atomic mass is 16.3. The Morgan fingerprint density at radius 2 is 2.18 bits per heavy atom. The Hall–Kier alpha value is -1.90. The predicted octanol–water partition coefficient (Wildman–Crippen LogP) is 3.34. The first-order valence-corrected chi connectivity index (χ1v) is 5.86. The van der Waals surface area contributed by atoms with Gasteiger partial charge < -0.3 is 15.5 Å². The fourth-order valence-electron chi connectivity index (χ4n) is 1.87. The summed E-state index contributed by atoms with van der Waals surface area (Å²) in [4.78, 5) is 0. The molecule has 3 nitrogen and oxygen atoms in total. The molecule has 3 N–H and O–H groups in total. The van der Waals surface area contributed by atoms with Crippen LogP contribution < -0.4 is 11.1 Å². The van der Waals surface area contributed by atoms with E-state index >= 15 is 0 Å². The lowest BCUT2D eigenvalue weighted by Gasteiger charge is -2.11. The van der Waals surface area contributed by atoms with Crippen molar-refractivity contribution in [3.63, 3.8) is 0 Å². The number of rotatable bonds is 4. The molecule has 0 saturated carbocycles. The van der Waals surface area contributed by atoms with E-state index in [1.807, 2.05) is 19.1 Å². The molecule has 0 unspecified atom stereocenters. The first kappa shape index (κ1) is 11.6. The van der Waals surface area contributed by atoms with Crippen molar-refractivity contribution in [3.8, 4) is 0 Å². The molecule has 17 heavy (non-hydrogen) atoms. The highest BCUT2D eigenvalue weighted by Crippen LogP contribution is 2.23. The summed E-state index contributed by atoms with van der Waals surface area (Å²) in [5.74, 6) is 0.928. The average Bonchev–Trinajstić information content (AvgIpc) is 2.83. The number of aryl methyl sites for hydroxylation is 2. The molecule has 0 amide bonds. The van der Waals surface area contributed by atoms with E-state index in [0.717, 1.165) is 29.1 Å². The molecule has 0 aliphatic rings. The van der Waals surface area contributed by atoms with Crippen molar-refractivity contribution in [3.05, 3.63) is 47.4 Å². The second kappa shape index (κ2) is 4.95. The SMILES string of the molecule is CCc1cc(NCc2ccco2)cc(C)c1N. The standard InChI is InChI=1S/C14H18N2O/c1-3-11-8-12(7-10(2)14(11)15)16-9-13-5-4-6-17-13/h4-8,16H,3,9,15H2,1-2H3. The van der Waals surface area contributed by atoms with Gasteiger partial charge in [0.15, 0.2) is 0 Å². The summed E-state index contributed by atoms with van der Waals surface area (Å²) in [6.07, 6.45) is 2.63. The van der Waals surface area contributed by atoms with Crippen molar-refractivity contribution in [2.45, 2.75) is 26.8 Å². The van der Waals surface area contributed by atoms with Crippen LogP contribution in [0.3, 0.4) is 0 Å². The zero-order valence-corrected chi connectivity index (χ0v) is 10.3. The molecule has 0 saturated heterocycles. The average molecular weight is 230 g/mol. The first-order valence-electron chi connectivity index (χ1n) is 5.86. The van der Waals surface area contributed by atoms with Crippen LogP contribution in [0.2, 0.25) is 0 Å². The molecule has 0 aliphatic carbocycles. The maximum atomic E-state index is 6.01. The van der Waals surface area contributed by atoms with Gasteiger partial charge in [-0.15, -0.1) is 0 Å². The normalized spacial score (nSPS) is 10.5. The number of nitrogens with one attached hydrogen (secondary N) is 1. The quantitative estimate of drug-likeness (QED) is 0.792. The van der Waals surface area contributed by atoms with Crippen LogP contribution in [0, 0.1) is 6.92 Å². The van der Waals surface area contributed by atoms with E-state index in [0.29, 0.717) is 6.54 Å². The van der Waals surface area contributed by atoms with Crippen molar-refractivity contribution in [1.29, 1.82) is 0 Å². The van der Waals surface area contributed by atoms with E-state index in [1.54, 1.807) is 6.26 Å². The van der Waals surface area contributed by atoms with Gasteiger partial charge in [-0.3, -0.25) is 0 Å². The maximum Gasteiger partial charge on any atom is 0.122 e. The Bertz CT molecular complexity index is 489. The Kier molecular flexibility index (Phi) is 3.38. The third-order valence-corrected chi connectivity index (χ3v) is 2.90. The molecule has 2 aromatic rings. The number of nitrogens with two attached hydrogens (primary N) is 1. The largest absolute Gasteiger partial charge is 0.467 e. The van der Waals surface area contributed by atoms with Gasteiger partial charge in [-0.2, -0.15) is 0 Å². The van der Waals surface area contributed by atoms with E-state index in [2.05, 4.69) is 24.4 Å². The molecule has 3 heteroatoms. The second-order valence-electron chi connectivity index (χ2n) is 4.15. The Morgan fingerprint density at radius 3 is 2.82 bits per heavy atom. The number of anilines is 2. The Balaban J connectivity index is 2.13. The van der Waals surface area contributed by atoms with Crippen molar-refractivity contribution >= 4 is 11.4 Å². The van der Waals surface area contributed by atoms with Gasteiger partial charge in [-0.05, 0) is 48.7 Å². The van der Waals surface area contributed by atoms with Gasteiger partial charge in [0.25, 0.3) is 0 Å². The molecule has 1 heterocycles. The molecule has 1 aromatic heterocycles. The second-order valence-corrected chi connectivity index (χ2v) is 4.15. The lowest BCUT2D eigenvalue weighted by atomic mass is 10.0. The topological polar surface area (TPSA) is 51.2 Å². The van der Waals surface area contributed by atoms with Crippen LogP contribution in [0.5, 0.6) is 0 Å². The Labute approximate surface area is 102 Å². The minimum Gasteiger partial charge on any atom is -0.467 e. The summed E-state index contributed by atoms with van der Waals surface area (Å²) < 4.78 is 5.28. The molecule has 1 aromatic carbocycles. The number of hydrogen-bond donors (Lipinski definition) is 2. The summed E-state index contributed by atoms with van der Waals surface area (Å²) >= 11 is 0. The summed E-state index contributed by atoms with van der Waals surface area (Å²) in [6.45, 7) is 4.84. The molecule has 2 rings (SSSR count). The van der Waals surface area contributed by atoms with Crippen LogP contribution >= 0.6 is 0 Å². The van der Waals surface area contributed by atoms with Crippen molar-refractivity contribution in [2.75, 3.05) is 11.1 Å². The van der Waals surface area contributed by atoms with E-state index in [4.69, 9.17) is 10.2 Å². The van der Waals surface area contributed by atoms with Gasteiger partial charge in [0, 0.05) is 11.4 Å². The molecule has 90 valence electrons. The van der Waals surface area contributed by atoms with Gasteiger partial charge in [0.2, 0.25) is 0 Å². The summed E-state index contributed by atoms with van der Waals surface area (Å²) in [6, 6.07) is 8.02. The van der Waals surface area contributed by atoms with Crippen molar-refractivity contribution in [1.82, 2.24) is 0 Å². The molecule has 0 fully saturated rings. The molecule has 0 bridgehead atoms. The summed E-state index contributed by atoms with van der Waals surface area (Å²) in [5.41, 5.74) is 10.3. The fraction of sp³-hybridized carbons (Fsp3) is 0.286. The van der Waals surface area contributed by atoms with Gasteiger partial charge in [0.05, 0.1) is 12.8 Å². The number of furan rings is 1. The van der Waals surface area contributed by atoms with Crippen LogP contribution in [0.15, 0.2) is 34.9 Å². The first-order chi connectivity index (χ1) is 8.20. The van der Waals surface area contributed by atoms with Crippen LogP contribution in [-0.4, -0.2) is 0 Å². The van der Waals surface area contributed by atoms with E-state index < -0.39 is 0 Å². The molecular weight excluding hydrogens is 212 g/mol. The zero-order valence-electron chi connectivity index (χ0n) is 10.3. The van der Waals surface area contributed by atoms with Crippen LogP contribution in [0.4, 0.5) is 11.4 Å². The van der Waals surface area contributed by atoms with Crippen LogP contribution in [0.25, 0.3) is 0 Å². The molecule has 0 radical (unpaired) electrons. The lowest BCUT2D eigenvalue weighted by Crippen LogP contribution is -2.02. The third-order valence-electron chi connectivity index (χ3n) is 2.90. The van der Waals surface area contributed by atoms with Crippen LogP contribution in [0.1, 0.15) is 23.8 Å². The van der Waals surface area contributed by atoms with Crippen LogP contribution in [-0.2, 0) is 13.0 Å². The Morgan fingerprint density at radius 1 is 1.35 bits per heavy atom. The number of nitrogen functional groups attached to an aromatic ring is 1. The maximum absolute atomic E-state index is 6.01. The zero-order chi connectivity index (χ0) is 12.3. The smallest absolute Gasteiger partial charge is 0.122 e. The molecule has 0 aliphatic heterocycles. The molecular formula is C14H18N2O. The highest BCUT2D eigenvalue weighted by Gasteiger charge is 2.04. The van der Waals surface area contributed by atoms with E-state index in [-0.39, 0.29) is 0 Å². The predicted molar refractivity (Wildman–Crippen MR) is 71.0 cm³/mol. The minimum atomic E-state index is 0.694. The van der Waals surface area contributed by atoms with Crippen molar-refractivity contribution in [2.24, 2.45) is 0 Å². The molecule has 0 spiro atoms. The summed E-state index contributed by atoms with van der Waals surface area (Å²) in [5, 5.41) is 3.34.